The van der Waals surface area contributed by atoms with E-state index in [0.717, 1.165) is 0 Å². The van der Waals surface area contributed by atoms with Crippen molar-refractivity contribution >= 4 is 31.1 Å². The van der Waals surface area contributed by atoms with Crippen LogP contribution in [0, 0.1) is 0 Å². The molecule has 44 valence electrons. The molecule has 9 heavy (non-hydrogen) atoms. The SMILES string of the molecule is [B]c1ccsc1OC=O. The Kier molecular flexibility index (Phi) is 1.90. The standard InChI is InChI=1S/C5H3BO2S/c6-4-1-2-9-5(4)8-3-7/h1-3H. The zero-order chi connectivity index (χ0) is 6.69. The van der Waals surface area contributed by atoms with Gasteiger partial charge in [-0.25, -0.2) is 0 Å². The predicted molar refractivity (Wildman–Crippen MR) is 36.4 cm³/mol. The van der Waals surface area contributed by atoms with Gasteiger partial charge in [-0.3, -0.25) is 4.79 Å². The van der Waals surface area contributed by atoms with Crippen molar-refractivity contribution in [2.75, 3.05) is 0 Å². The third kappa shape index (κ3) is 1.32. The van der Waals surface area contributed by atoms with Crippen molar-refractivity contribution in [3.8, 4) is 5.06 Å². The Morgan fingerprint density at radius 1 is 1.78 bits per heavy atom. The molecule has 0 aliphatic rings. The summed E-state index contributed by atoms with van der Waals surface area (Å²) in [6.07, 6.45) is 0. The molecule has 0 saturated heterocycles. The van der Waals surface area contributed by atoms with Crippen molar-refractivity contribution in [1.29, 1.82) is 0 Å². The van der Waals surface area contributed by atoms with E-state index >= 15 is 0 Å². The molecule has 0 aromatic carbocycles. The van der Waals surface area contributed by atoms with Crippen molar-refractivity contribution in [3.05, 3.63) is 11.4 Å². The maximum atomic E-state index is 9.75. The predicted octanol–water partition coefficient (Wildman–Crippen LogP) is 0.0771. The van der Waals surface area contributed by atoms with Crippen molar-refractivity contribution in [2.45, 2.75) is 0 Å². The zero-order valence-corrected chi connectivity index (χ0v) is 5.35. The van der Waals surface area contributed by atoms with Gasteiger partial charge in [-0.05, 0) is 10.8 Å². The lowest BCUT2D eigenvalue weighted by atomic mass is 10.0. The second-order valence-corrected chi connectivity index (χ2v) is 2.26. The van der Waals surface area contributed by atoms with E-state index in [0.29, 0.717) is 17.0 Å². The minimum absolute atomic E-state index is 0.363. The van der Waals surface area contributed by atoms with Gasteiger partial charge in [-0.2, -0.15) is 0 Å². The summed E-state index contributed by atoms with van der Waals surface area (Å²) in [5, 5.41) is 2.22. The van der Waals surface area contributed by atoms with E-state index in [4.69, 9.17) is 7.85 Å². The van der Waals surface area contributed by atoms with Crippen LogP contribution in [0.3, 0.4) is 0 Å². The molecular formula is C5H3BO2S. The molecule has 2 radical (unpaired) electrons. The first-order valence-corrected chi connectivity index (χ1v) is 3.16. The van der Waals surface area contributed by atoms with Gasteiger partial charge in [-0.15, -0.1) is 11.3 Å². The quantitative estimate of drug-likeness (QED) is 0.427. The van der Waals surface area contributed by atoms with Gasteiger partial charge in [0.25, 0.3) is 6.47 Å². The number of hydrogen-bond donors (Lipinski definition) is 0. The highest BCUT2D eigenvalue weighted by Gasteiger charge is 1.96. The van der Waals surface area contributed by atoms with E-state index in [9.17, 15) is 4.79 Å². The molecule has 0 spiro atoms. The fraction of sp³-hybridized carbons (Fsp3) is 0. The fourth-order valence-corrected chi connectivity index (χ4v) is 1.08. The average Bonchev–Trinajstić information content (AvgIpc) is 2.18. The van der Waals surface area contributed by atoms with Gasteiger partial charge in [0.2, 0.25) is 0 Å². The first kappa shape index (κ1) is 6.36. The minimum Gasteiger partial charge on any atom is -0.418 e. The largest absolute Gasteiger partial charge is 0.418 e. The van der Waals surface area contributed by atoms with Crippen LogP contribution in [0.5, 0.6) is 5.06 Å². The molecule has 1 rings (SSSR count). The van der Waals surface area contributed by atoms with Crippen LogP contribution in [-0.2, 0) is 4.79 Å². The number of thiophene rings is 1. The molecule has 1 aromatic heterocycles. The summed E-state index contributed by atoms with van der Waals surface area (Å²) in [6.45, 7) is 0.363. The van der Waals surface area contributed by atoms with Crippen LogP contribution in [0.4, 0.5) is 0 Å². The van der Waals surface area contributed by atoms with Crippen LogP contribution in [-0.4, -0.2) is 14.3 Å². The van der Waals surface area contributed by atoms with Crippen LogP contribution in [0.2, 0.25) is 0 Å². The van der Waals surface area contributed by atoms with E-state index in [1.165, 1.54) is 11.3 Å². The monoisotopic (exact) mass is 138 g/mol. The highest BCUT2D eigenvalue weighted by atomic mass is 32.1. The number of rotatable bonds is 2. The van der Waals surface area contributed by atoms with E-state index in [1.54, 1.807) is 11.4 Å². The summed E-state index contributed by atoms with van der Waals surface area (Å²) < 4.78 is 4.49. The van der Waals surface area contributed by atoms with E-state index in [2.05, 4.69) is 4.74 Å². The molecule has 0 saturated carbocycles. The molecule has 0 unspecified atom stereocenters. The molecule has 1 heterocycles. The Morgan fingerprint density at radius 2 is 2.56 bits per heavy atom. The third-order valence-electron chi connectivity index (χ3n) is 0.814. The van der Waals surface area contributed by atoms with Crippen molar-refractivity contribution in [3.63, 3.8) is 0 Å². The maximum absolute atomic E-state index is 9.75. The fourth-order valence-electron chi connectivity index (χ4n) is 0.445. The van der Waals surface area contributed by atoms with Crippen LogP contribution >= 0.6 is 11.3 Å². The van der Waals surface area contributed by atoms with E-state index < -0.39 is 0 Å². The van der Waals surface area contributed by atoms with Gasteiger partial charge >= 0.3 is 0 Å². The Hall–Kier alpha value is -0.765. The Morgan fingerprint density at radius 3 is 3.00 bits per heavy atom. The average molecular weight is 138 g/mol. The van der Waals surface area contributed by atoms with Crippen molar-refractivity contribution < 1.29 is 9.53 Å². The Labute approximate surface area is 57.9 Å². The minimum atomic E-state index is 0.363. The summed E-state index contributed by atoms with van der Waals surface area (Å²) in [7, 11) is 5.35. The van der Waals surface area contributed by atoms with Crippen molar-refractivity contribution in [1.82, 2.24) is 0 Å². The molecule has 0 fully saturated rings. The second-order valence-electron chi connectivity index (χ2n) is 1.38. The second kappa shape index (κ2) is 2.68. The lowest BCUT2D eigenvalue weighted by molar-refractivity contribution is -0.120. The Balaban J connectivity index is 2.80. The summed E-state index contributed by atoms with van der Waals surface area (Å²) in [4.78, 5) is 9.75. The number of ether oxygens (including phenoxy) is 1. The van der Waals surface area contributed by atoms with Crippen LogP contribution in [0.15, 0.2) is 11.4 Å². The van der Waals surface area contributed by atoms with Crippen LogP contribution in [0.1, 0.15) is 0 Å². The molecule has 1 aromatic rings. The molecule has 0 aliphatic carbocycles. The highest BCUT2D eigenvalue weighted by molar-refractivity contribution is 7.13. The van der Waals surface area contributed by atoms with Gasteiger partial charge in [0.05, 0.1) is 0 Å². The van der Waals surface area contributed by atoms with Crippen LogP contribution in [0.25, 0.3) is 0 Å². The normalized spacial score (nSPS) is 8.89. The molecule has 2 nitrogen and oxygen atoms in total. The van der Waals surface area contributed by atoms with Gasteiger partial charge in [0.1, 0.15) is 7.85 Å². The summed E-state index contributed by atoms with van der Waals surface area (Å²) in [5.41, 5.74) is 0.507. The lowest BCUT2D eigenvalue weighted by Gasteiger charge is -1.90. The van der Waals surface area contributed by atoms with Gasteiger partial charge in [0.15, 0.2) is 5.06 Å². The molecule has 0 atom stereocenters. The van der Waals surface area contributed by atoms with Crippen molar-refractivity contribution in [2.24, 2.45) is 0 Å². The zero-order valence-electron chi connectivity index (χ0n) is 4.53. The van der Waals surface area contributed by atoms with E-state index in [1.807, 2.05) is 0 Å². The first-order valence-electron chi connectivity index (χ1n) is 2.28. The molecule has 0 bridgehead atoms. The molecule has 0 aliphatic heterocycles. The topological polar surface area (TPSA) is 26.3 Å². The molecule has 0 N–H and O–H groups in total. The Bertz CT molecular complexity index is 208. The summed E-state index contributed by atoms with van der Waals surface area (Å²) in [5.74, 6) is 0. The summed E-state index contributed by atoms with van der Waals surface area (Å²) >= 11 is 1.30. The molecule has 4 heteroatoms. The first-order chi connectivity index (χ1) is 4.34. The van der Waals surface area contributed by atoms with Gasteiger partial charge in [0, 0.05) is 0 Å². The van der Waals surface area contributed by atoms with Gasteiger partial charge in [-0.1, -0.05) is 6.07 Å². The highest BCUT2D eigenvalue weighted by Crippen LogP contribution is 2.13. The number of carbonyl (C=O) groups is 1. The smallest absolute Gasteiger partial charge is 0.299 e. The summed E-state index contributed by atoms with van der Waals surface area (Å²) in [6, 6.07) is 1.68. The molecular weight excluding hydrogens is 135 g/mol. The number of carbonyl (C=O) groups excluding carboxylic acids is 1. The van der Waals surface area contributed by atoms with Gasteiger partial charge < -0.3 is 4.74 Å². The van der Waals surface area contributed by atoms with E-state index in [-0.39, 0.29) is 0 Å². The number of hydrogen-bond acceptors (Lipinski definition) is 3. The third-order valence-corrected chi connectivity index (χ3v) is 1.63. The lowest BCUT2D eigenvalue weighted by Crippen LogP contribution is -2.02. The maximum Gasteiger partial charge on any atom is 0.299 e. The van der Waals surface area contributed by atoms with Crippen LogP contribution < -0.4 is 10.2 Å². The molecule has 0 amide bonds.